The molecule has 0 aliphatic carbocycles. The van der Waals surface area contributed by atoms with Crippen molar-refractivity contribution in [2.24, 2.45) is 0 Å². The Labute approximate surface area is 77.6 Å². The van der Waals surface area contributed by atoms with Crippen molar-refractivity contribution in [3.8, 4) is 0 Å². The lowest BCUT2D eigenvalue weighted by Gasteiger charge is -2.17. The largest absolute Gasteiger partial charge is 0.231 e. The molecule has 0 saturated heterocycles. The molecule has 0 radical (unpaired) electrons. The predicted molar refractivity (Wildman–Crippen MR) is 52.2 cm³/mol. The van der Waals surface area contributed by atoms with E-state index in [2.05, 4.69) is 24.6 Å². The van der Waals surface area contributed by atoms with Gasteiger partial charge in [-0.15, -0.1) is 0 Å². The molecular formula is C8H11ClFNSi. The zero-order valence-electron chi connectivity index (χ0n) is 7.36. The number of aromatic nitrogens is 1. The first-order valence-electron chi connectivity index (χ1n) is 3.73. The Morgan fingerprint density at radius 3 is 2.42 bits per heavy atom. The van der Waals surface area contributed by atoms with Crippen molar-refractivity contribution >= 4 is 24.9 Å². The van der Waals surface area contributed by atoms with E-state index in [4.69, 9.17) is 11.6 Å². The van der Waals surface area contributed by atoms with Gasteiger partial charge in [-0.25, -0.2) is 4.98 Å². The van der Waals surface area contributed by atoms with Crippen LogP contribution in [0.3, 0.4) is 0 Å². The summed E-state index contributed by atoms with van der Waals surface area (Å²) in [5.74, 6) is -0.559. The molecular weight excluding hydrogens is 193 g/mol. The Hall–Kier alpha value is -0.413. The molecule has 1 aromatic heterocycles. The second-order valence-corrected chi connectivity index (χ2v) is 9.13. The third-order valence-electron chi connectivity index (χ3n) is 1.65. The summed E-state index contributed by atoms with van der Waals surface area (Å²) in [5.41, 5.74) is 0. The van der Waals surface area contributed by atoms with Crippen LogP contribution in [0.1, 0.15) is 0 Å². The minimum Gasteiger partial charge on any atom is -0.227 e. The molecule has 1 nitrogen and oxygen atoms in total. The van der Waals surface area contributed by atoms with Gasteiger partial charge in [0, 0.05) is 6.20 Å². The molecule has 0 N–H and O–H groups in total. The molecule has 4 heteroatoms. The average Bonchev–Trinajstić information content (AvgIpc) is 1.92. The van der Waals surface area contributed by atoms with Gasteiger partial charge in [0.1, 0.15) is 0 Å². The summed E-state index contributed by atoms with van der Waals surface area (Å²) >= 11 is 5.78. The normalized spacial score (nSPS) is 11.8. The van der Waals surface area contributed by atoms with Gasteiger partial charge < -0.3 is 0 Å². The highest BCUT2D eigenvalue weighted by atomic mass is 35.5. The lowest BCUT2D eigenvalue weighted by Crippen LogP contribution is -2.38. The topological polar surface area (TPSA) is 12.9 Å². The van der Waals surface area contributed by atoms with E-state index in [-0.39, 0.29) is 5.02 Å². The standard InChI is InChI=1S/C8H11ClFNSi/c1-12(2,3)6-4-5-11-8(10)7(6)9/h4-5H,1-3H3. The smallest absolute Gasteiger partial charge is 0.227 e. The molecule has 0 atom stereocenters. The van der Waals surface area contributed by atoms with Gasteiger partial charge in [0.2, 0.25) is 5.95 Å². The van der Waals surface area contributed by atoms with Crippen LogP contribution in [0.15, 0.2) is 12.3 Å². The summed E-state index contributed by atoms with van der Waals surface area (Å²) in [6, 6.07) is 1.80. The van der Waals surface area contributed by atoms with Crippen LogP contribution in [0.25, 0.3) is 0 Å². The maximum atomic E-state index is 12.9. The second-order valence-electron chi connectivity index (χ2n) is 3.71. The molecule has 1 rings (SSSR count). The van der Waals surface area contributed by atoms with Crippen LogP contribution in [0.4, 0.5) is 4.39 Å². The monoisotopic (exact) mass is 203 g/mol. The second kappa shape index (κ2) is 3.15. The number of rotatable bonds is 1. The van der Waals surface area contributed by atoms with Crippen LogP contribution < -0.4 is 5.19 Å². The molecule has 0 aliphatic heterocycles. The lowest BCUT2D eigenvalue weighted by atomic mass is 10.5. The summed E-state index contributed by atoms with van der Waals surface area (Å²) in [6.07, 6.45) is 1.47. The summed E-state index contributed by atoms with van der Waals surface area (Å²) in [5, 5.41) is 1.12. The van der Waals surface area contributed by atoms with E-state index in [0.717, 1.165) is 5.19 Å². The zero-order valence-corrected chi connectivity index (χ0v) is 9.11. The number of nitrogens with zero attached hydrogens (tertiary/aromatic N) is 1. The third kappa shape index (κ3) is 1.84. The molecule has 0 unspecified atom stereocenters. The maximum absolute atomic E-state index is 12.9. The molecule has 0 fully saturated rings. The summed E-state index contributed by atoms with van der Waals surface area (Å²) in [4.78, 5) is 3.48. The quantitative estimate of drug-likeness (QED) is 0.505. The number of halogens is 2. The number of hydrogen-bond donors (Lipinski definition) is 0. The summed E-state index contributed by atoms with van der Waals surface area (Å²) in [6.45, 7) is 6.36. The zero-order chi connectivity index (χ0) is 9.35. The molecule has 0 aliphatic rings. The van der Waals surface area contributed by atoms with Crippen molar-refractivity contribution in [1.82, 2.24) is 4.98 Å². The first-order valence-corrected chi connectivity index (χ1v) is 7.61. The highest BCUT2D eigenvalue weighted by molar-refractivity contribution is 6.90. The van der Waals surface area contributed by atoms with E-state index < -0.39 is 14.0 Å². The van der Waals surface area contributed by atoms with Crippen LogP contribution >= 0.6 is 11.6 Å². The van der Waals surface area contributed by atoms with Crippen molar-refractivity contribution < 1.29 is 4.39 Å². The van der Waals surface area contributed by atoms with Gasteiger partial charge in [-0.3, -0.25) is 0 Å². The fourth-order valence-electron chi connectivity index (χ4n) is 0.997. The highest BCUT2D eigenvalue weighted by Gasteiger charge is 2.21. The maximum Gasteiger partial charge on any atom is 0.231 e. The van der Waals surface area contributed by atoms with E-state index in [9.17, 15) is 4.39 Å². The SMILES string of the molecule is C[Si](C)(C)c1ccnc(F)c1Cl. The molecule has 0 spiro atoms. The fourth-order valence-corrected chi connectivity index (χ4v) is 3.30. The Morgan fingerprint density at radius 1 is 1.42 bits per heavy atom. The van der Waals surface area contributed by atoms with Gasteiger partial charge in [-0.1, -0.05) is 31.2 Å². The molecule has 0 aromatic carbocycles. The van der Waals surface area contributed by atoms with Gasteiger partial charge in [-0.05, 0) is 11.3 Å². The van der Waals surface area contributed by atoms with Crippen molar-refractivity contribution in [2.75, 3.05) is 0 Å². The van der Waals surface area contributed by atoms with Crippen molar-refractivity contribution in [3.63, 3.8) is 0 Å². The molecule has 0 bridgehead atoms. The van der Waals surface area contributed by atoms with Gasteiger partial charge in [-0.2, -0.15) is 4.39 Å². The lowest BCUT2D eigenvalue weighted by molar-refractivity contribution is 0.585. The van der Waals surface area contributed by atoms with Gasteiger partial charge in [0.05, 0.1) is 13.1 Å². The molecule has 66 valence electrons. The third-order valence-corrected chi connectivity index (χ3v) is 4.21. The molecule has 12 heavy (non-hydrogen) atoms. The molecule has 0 amide bonds. The minimum absolute atomic E-state index is 0.191. The van der Waals surface area contributed by atoms with Crippen molar-refractivity contribution in [2.45, 2.75) is 19.6 Å². The Balaban J connectivity index is 3.26. The Bertz CT molecular complexity index is 296. The van der Waals surface area contributed by atoms with Crippen molar-refractivity contribution in [1.29, 1.82) is 0 Å². The van der Waals surface area contributed by atoms with E-state index in [1.165, 1.54) is 6.20 Å². The number of hydrogen-bond acceptors (Lipinski definition) is 1. The van der Waals surface area contributed by atoms with E-state index in [0.29, 0.717) is 0 Å². The van der Waals surface area contributed by atoms with Gasteiger partial charge in [0.15, 0.2) is 0 Å². The van der Waals surface area contributed by atoms with Crippen LogP contribution in [0.2, 0.25) is 24.7 Å². The first kappa shape index (κ1) is 9.67. The van der Waals surface area contributed by atoms with Gasteiger partial charge in [0.25, 0.3) is 0 Å². The first-order chi connectivity index (χ1) is 5.43. The molecule has 1 aromatic rings. The summed E-state index contributed by atoms with van der Waals surface area (Å²) < 4.78 is 12.9. The van der Waals surface area contributed by atoms with E-state index in [1.807, 2.05) is 0 Å². The number of pyridine rings is 1. The van der Waals surface area contributed by atoms with E-state index >= 15 is 0 Å². The van der Waals surface area contributed by atoms with Crippen molar-refractivity contribution in [3.05, 3.63) is 23.2 Å². The van der Waals surface area contributed by atoms with Crippen LogP contribution in [-0.4, -0.2) is 13.1 Å². The van der Waals surface area contributed by atoms with Crippen LogP contribution in [0, 0.1) is 5.95 Å². The molecule has 0 saturated carbocycles. The average molecular weight is 204 g/mol. The van der Waals surface area contributed by atoms with Gasteiger partial charge >= 0.3 is 0 Å². The predicted octanol–water partition coefficient (Wildman–Crippen LogP) is 2.42. The minimum atomic E-state index is -1.52. The Morgan fingerprint density at radius 2 is 2.00 bits per heavy atom. The fraction of sp³-hybridized carbons (Fsp3) is 0.375. The molecule has 1 heterocycles. The van der Waals surface area contributed by atoms with Crippen LogP contribution in [0.5, 0.6) is 0 Å². The Kier molecular flexibility index (Phi) is 2.54. The summed E-state index contributed by atoms with van der Waals surface area (Å²) in [7, 11) is -1.52. The van der Waals surface area contributed by atoms with E-state index in [1.54, 1.807) is 6.07 Å². The highest BCUT2D eigenvalue weighted by Crippen LogP contribution is 2.13. The van der Waals surface area contributed by atoms with Crippen LogP contribution in [-0.2, 0) is 0 Å².